The molecule has 44 heavy (non-hydrogen) atoms. The van der Waals surface area contributed by atoms with Crippen molar-refractivity contribution in [3.8, 4) is 0 Å². The Hall–Kier alpha value is 3.52. The lowest BCUT2D eigenvalue weighted by Crippen LogP contribution is -1.88. The van der Waals surface area contributed by atoms with E-state index in [4.69, 9.17) is 0 Å². The lowest BCUT2D eigenvalue weighted by molar-refractivity contribution is 0.739. The zero-order valence-electron chi connectivity index (χ0n) is 25.5. The van der Waals surface area contributed by atoms with Crippen molar-refractivity contribution >= 4 is 188 Å². The van der Waals surface area contributed by atoms with Crippen LogP contribution in [0.4, 0.5) is 0 Å². The van der Waals surface area contributed by atoms with E-state index < -0.39 is 0 Å². The van der Waals surface area contributed by atoms with Crippen molar-refractivity contribution in [2.45, 2.75) is 25.7 Å². The second-order valence-electron chi connectivity index (χ2n) is 8.51. The van der Waals surface area contributed by atoms with E-state index in [-0.39, 0.29) is 0 Å². The molecular weight excluding hydrogens is 849 g/mol. The van der Waals surface area contributed by atoms with Gasteiger partial charge in [-0.05, 0) is 99.0 Å². The Bertz CT molecular complexity index is 1170. The standard InChI is InChI=1S/C28H34S16/c1-29-21-22(30-2)38-17(37-21)13-15(19-41-25(33-5)26(34-6)42-19)11-9-10-12-16(20-43-27(35-7)28(36-8)44-20)14-18-39-23(31-3)24(32-4)40-18/h13-14H,9-12H2,1-8H3. The minimum Gasteiger partial charge on any atom is -0.121 e. The lowest BCUT2D eigenvalue weighted by atomic mass is 10.1. The second-order valence-corrected chi connectivity index (χ2v) is 26.4. The van der Waals surface area contributed by atoms with E-state index >= 15 is 0 Å². The Morgan fingerprint density at radius 2 is 0.614 bits per heavy atom. The van der Waals surface area contributed by atoms with Crippen molar-refractivity contribution in [1.29, 1.82) is 0 Å². The highest BCUT2D eigenvalue weighted by atomic mass is 32.3. The van der Waals surface area contributed by atoms with E-state index in [1.54, 1.807) is 0 Å². The van der Waals surface area contributed by atoms with E-state index in [0.29, 0.717) is 0 Å². The molecule has 0 N–H and O–H groups in total. The topological polar surface area (TPSA) is 0 Å². The van der Waals surface area contributed by atoms with E-state index in [1.807, 2.05) is 188 Å². The summed E-state index contributed by atoms with van der Waals surface area (Å²) in [4.78, 5) is 0. The maximum atomic E-state index is 2.51. The fourth-order valence-corrected chi connectivity index (χ4v) is 23.9. The molecule has 0 fully saturated rings. The smallest absolute Gasteiger partial charge is 0.0657 e. The van der Waals surface area contributed by atoms with Crippen LogP contribution < -0.4 is 0 Å². The van der Waals surface area contributed by atoms with Gasteiger partial charge < -0.3 is 0 Å². The molecule has 16 heteroatoms. The molecule has 4 rings (SSSR count). The highest BCUT2D eigenvalue weighted by Crippen LogP contribution is 2.62. The fourth-order valence-electron chi connectivity index (χ4n) is 3.88. The van der Waals surface area contributed by atoms with Crippen molar-refractivity contribution in [2.75, 3.05) is 50.0 Å². The van der Waals surface area contributed by atoms with Gasteiger partial charge in [-0.2, -0.15) is 0 Å². The summed E-state index contributed by atoms with van der Waals surface area (Å²) < 4.78 is 17.4. The predicted molar refractivity (Wildman–Crippen MR) is 246 cm³/mol. The molecule has 0 saturated carbocycles. The minimum absolute atomic E-state index is 1.12. The third kappa shape index (κ3) is 11.0. The molecule has 0 radical (unpaired) electrons. The van der Waals surface area contributed by atoms with Crippen LogP contribution in [0.25, 0.3) is 0 Å². The van der Waals surface area contributed by atoms with Crippen molar-refractivity contribution in [3.05, 3.63) is 74.1 Å². The third-order valence-corrected chi connectivity index (χ3v) is 26.8. The number of hydrogen-bond acceptors (Lipinski definition) is 16. The molecule has 0 aliphatic carbocycles. The number of thioether (sulfide) groups is 16. The normalized spacial score (nSPS) is 19.2. The Kier molecular flexibility index (Phi) is 19.4. The highest BCUT2D eigenvalue weighted by Gasteiger charge is 2.27. The Morgan fingerprint density at radius 3 is 0.841 bits per heavy atom. The highest BCUT2D eigenvalue weighted by molar-refractivity contribution is 8.42. The van der Waals surface area contributed by atoms with E-state index in [0.717, 1.165) is 12.8 Å². The average Bonchev–Trinajstić information content (AvgIpc) is 3.84. The molecule has 0 aromatic carbocycles. The van der Waals surface area contributed by atoms with Crippen LogP contribution in [0.2, 0.25) is 0 Å². The number of unbranched alkanes of at least 4 members (excludes halogenated alkanes) is 1. The molecule has 0 unspecified atom stereocenters. The van der Waals surface area contributed by atoms with Gasteiger partial charge in [0.1, 0.15) is 0 Å². The summed E-state index contributed by atoms with van der Waals surface area (Å²) in [6.45, 7) is 0. The van der Waals surface area contributed by atoms with Gasteiger partial charge in [-0.15, -0.1) is 94.1 Å². The molecule has 0 nitrogen and oxygen atoms in total. The molecule has 0 bridgehead atoms. The van der Waals surface area contributed by atoms with Crippen LogP contribution in [-0.2, 0) is 0 Å². The second kappa shape index (κ2) is 21.1. The summed E-state index contributed by atoms with van der Waals surface area (Å²) in [6, 6.07) is 0. The quantitative estimate of drug-likeness (QED) is 0.143. The van der Waals surface area contributed by atoms with Gasteiger partial charge in [0, 0.05) is 0 Å². The summed E-state index contributed by atoms with van der Waals surface area (Å²) >= 11 is 30.9. The number of rotatable bonds is 15. The van der Waals surface area contributed by atoms with Crippen molar-refractivity contribution in [3.63, 3.8) is 0 Å². The van der Waals surface area contributed by atoms with Gasteiger partial charge in [-0.1, -0.05) is 94.1 Å². The predicted octanol–water partition coefficient (Wildman–Crippen LogP) is 16.0. The molecule has 4 aliphatic heterocycles. The van der Waals surface area contributed by atoms with Crippen LogP contribution in [0, 0.1) is 0 Å². The first-order valence-electron chi connectivity index (χ1n) is 13.0. The van der Waals surface area contributed by atoms with Crippen LogP contribution >= 0.6 is 188 Å². The van der Waals surface area contributed by atoms with E-state index in [1.165, 1.54) is 74.8 Å². The Labute approximate surface area is 333 Å². The van der Waals surface area contributed by atoms with Gasteiger partial charge in [0.15, 0.2) is 0 Å². The summed E-state index contributed by atoms with van der Waals surface area (Å²) in [7, 11) is 0. The molecule has 4 aliphatic rings. The van der Waals surface area contributed by atoms with E-state index in [9.17, 15) is 0 Å². The van der Waals surface area contributed by atoms with Crippen LogP contribution in [0.5, 0.6) is 0 Å². The third-order valence-electron chi connectivity index (χ3n) is 5.92. The zero-order valence-corrected chi connectivity index (χ0v) is 38.6. The first-order valence-corrected chi connectivity index (χ1v) is 29.4. The Morgan fingerprint density at radius 1 is 0.386 bits per heavy atom. The fraction of sp³-hybridized carbons (Fsp3) is 0.429. The summed E-state index contributed by atoms with van der Waals surface area (Å²) in [5.41, 5.74) is 3.03. The molecule has 0 amide bonds. The molecule has 242 valence electrons. The van der Waals surface area contributed by atoms with Crippen molar-refractivity contribution in [2.24, 2.45) is 0 Å². The van der Waals surface area contributed by atoms with Crippen molar-refractivity contribution < 1.29 is 0 Å². The minimum atomic E-state index is 1.12. The maximum Gasteiger partial charge on any atom is 0.0657 e. The number of hydrogen-bond donors (Lipinski definition) is 0. The Balaban J connectivity index is 1.52. The van der Waals surface area contributed by atoms with Gasteiger partial charge in [-0.25, -0.2) is 0 Å². The average molecular weight is 884 g/mol. The van der Waals surface area contributed by atoms with E-state index in [2.05, 4.69) is 62.2 Å². The van der Waals surface area contributed by atoms with Gasteiger partial charge in [0.25, 0.3) is 0 Å². The lowest BCUT2D eigenvalue weighted by Gasteiger charge is -2.11. The monoisotopic (exact) mass is 882 g/mol. The molecule has 0 aromatic heterocycles. The number of allylic oxidation sites excluding steroid dienone is 4. The largest absolute Gasteiger partial charge is 0.121 e. The SMILES string of the molecule is CSC1=C(SC)SC(=CC(CCCCC(C=C2SC(SC)=C(SC)S2)=C2SC(SC)=C(SC)S2)=C2SC(SC)=C(SC)S2)S1. The molecule has 0 aromatic rings. The van der Waals surface area contributed by atoms with Crippen LogP contribution in [0.15, 0.2) is 74.1 Å². The molecule has 4 heterocycles. The summed E-state index contributed by atoms with van der Waals surface area (Å²) in [5, 5.41) is 0. The van der Waals surface area contributed by atoms with Crippen molar-refractivity contribution in [1.82, 2.24) is 0 Å². The molecule has 0 atom stereocenters. The van der Waals surface area contributed by atoms with Crippen LogP contribution in [0.3, 0.4) is 0 Å². The molecular formula is C28H34S16. The maximum absolute atomic E-state index is 2.51. The van der Waals surface area contributed by atoms with Crippen LogP contribution in [-0.4, -0.2) is 50.0 Å². The first-order chi connectivity index (χ1) is 21.4. The van der Waals surface area contributed by atoms with Gasteiger partial charge in [-0.3, -0.25) is 0 Å². The first kappa shape index (κ1) is 40.3. The van der Waals surface area contributed by atoms with Gasteiger partial charge in [0.05, 0.1) is 50.8 Å². The summed E-state index contributed by atoms with van der Waals surface area (Å²) in [6.07, 6.45) is 27.3. The molecule has 0 spiro atoms. The summed E-state index contributed by atoms with van der Waals surface area (Å²) in [5.74, 6) is 0. The van der Waals surface area contributed by atoms with Crippen LogP contribution in [0.1, 0.15) is 25.7 Å². The van der Waals surface area contributed by atoms with Gasteiger partial charge >= 0.3 is 0 Å². The molecule has 0 saturated heterocycles. The zero-order chi connectivity index (χ0) is 31.6. The van der Waals surface area contributed by atoms with Gasteiger partial charge in [0.2, 0.25) is 0 Å².